The molecule has 0 radical (unpaired) electrons. The first-order chi connectivity index (χ1) is 11.5. The minimum absolute atomic E-state index is 0.181. The van der Waals surface area contributed by atoms with Gasteiger partial charge in [0.15, 0.2) is 0 Å². The Bertz CT molecular complexity index is 702. The van der Waals surface area contributed by atoms with Gasteiger partial charge in [-0.05, 0) is 25.0 Å². The van der Waals surface area contributed by atoms with E-state index in [-0.39, 0.29) is 12.5 Å². The molecule has 1 amide bonds. The topological polar surface area (TPSA) is 74.5 Å². The Morgan fingerprint density at radius 1 is 1.42 bits per heavy atom. The summed E-state index contributed by atoms with van der Waals surface area (Å²) in [5, 5.41) is 11.0. The number of anilines is 1. The van der Waals surface area contributed by atoms with Crippen LogP contribution in [0.15, 0.2) is 36.9 Å². The molecule has 1 aliphatic rings. The van der Waals surface area contributed by atoms with Crippen LogP contribution in [0, 0.1) is 0 Å². The third-order valence-electron chi connectivity index (χ3n) is 4.33. The van der Waals surface area contributed by atoms with Crippen molar-refractivity contribution in [1.29, 1.82) is 0 Å². The van der Waals surface area contributed by atoms with Crippen LogP contribution >= 0.6 is 0 Å². The van der Waals surface area contributed by atoms with E-state index >= 15 is 0 Å². The fraction of sp³-hybridized carbons (Fsp3) is 0.471. The molecular weight excluding hydrogens is 306 g/mol. The number of likely N-dealkylation sites (N-methyl/N-ethyl adjacent to an activating group) is 1. The molecule has 2 aromatic heterocycles. The summed E-state index contributed by atoms with van der Waals surface area (Å²) in [7, 11) is 3.53. The lowest BCUT2D eigenvalue weighted by atomic mass is 9.92. The van der Waals surface area contributed by atoms with E-state index in [1.54, 1.807) is 35.2 Å². The van der Waals surface area contributed by atoms with Gasteiger partial charge in [-0.1, -0.05) is 6.07 Å². The number of hydrogen-bond donors (Lipinski definition) is 1. The number of amides is 1. The highest BCUT2D eigenvalue weighted by atomic mass is 16.3. The zero-order valence-corrected chi connectivity index (χ0v) is 14.1. The molecular formula is C17H23N5O2. The number of aryl methyl sites for hydroxylation is 1. The monoisotopic (exact) mass is 329 g/mol. The van der Waals surface area contributed by atoms with E-state index in [2.05, 4.69) is 14.9 Å². The Kier molecular flexibility index (Phi) is 4.53. The average Bonchev–Trinajstić information content (AvgIpc) is 3.01. The van der Waals surface area contributed by atoms with Crippen molar-refractivity contribution < 1.29 is 9.90 Å². The maximum absolute atomic E-state index is 12.4. The molecule has 2 aromatic rings. The number of aliphatic hydroxyl groups is 1. The SMILES string of the molecule is CN(CC1(O)CCCN(c2ccccn2)C1)C(=O)c1cn(C)cn1. The summed E-state index contributed by atoms with van der Waals surface area (Å²) in [5.41, 5.74) is -0.560. The van der Waals surface area contributed by atoms with E-state index in [9.17, 15) is 9.90 Å². The number of imidazole rings is 1. The third kappa shape index (κ3) is 3.56. The maximum atomic E-state index is 12.4. The minimum Gasteiger partial charge on any atom is -0.386 e. The van der Waals surface area contributed by atoms with Crippen molar-refractivity contribution in [2.75, 3.05) is 31.6 Å². The van der Waals surface area contributed by atoms with Gasteiger partial charge in [0.25, 0.3) is 5.91 Å². The molecule has 128 valence electrons. The van der Waals surface area contributed by atoms with Gasteiger partial charge in [-0.25, -0.2) is 9.97 Å². The second kappa shape index (κ2) is 6.60. The average molecular weight is 329 g/mol. The van der Waals surface area contributed by atoms with Crippen LogP contribution in [0.4, 0.5) is 5.82 Å². The van der Waals surface area contributed by atoms with Gasteiger partial charge in [0.05, 0.1) is 18.5 Å². The van der Waals surface area contributed by atoms with Crippen molar-refractivity contribution in [2.24, 2.45) is 7.05 Å². The van der Waals surface area contributed by atoms with Crippen molar-refractivity contribution in [3.63, 3.8) is 0 Å². The van der Waals surface area contributed by atoms with Crippen LogP contribution < -0.4 is 4.90 Å². The molecule has 1 N–H and O–H groups in total. The first-order valence-electron chi connectivity index (χ1n) is 8.09. The lowest BCUT2D eigenvalue weighted by molar-refractivity contribution is -0.000265. The van der Waals surface area contributed by atoms with Gasteiger partial charge in [0, 0.05) is 39.6 Å². The number of β-amino-alcohol motifs (C(OH)–C–C–N with tert-alkyl or cyclic N) is 1. The van der Waals surface area contributed by atoms with Gasteiger partial charge < -0.3 is 19.5 Å². The van der Waals surface area contributed by atoms with E-state index in [1.165, 1.54) is 0 Å². The molecule has 0 aromatic carbocycles. The van der Waals surface area contributed by atoms with E-state index in [0.717, 1.165) is 18.8 Å². The predicted octanol–water partition coefficient (Wildman–Crippen LogP) is 0.919. The van der Waals surface area contributed by atoms with E-state index in [4.69, 9.17) is 0 Å². The number of piperidine rings is 1. The standard InChI is InChI=1S/C17H23N5O2/c1-20-10-14(19-13-20)16(23)21(2)11-17(24)7-5-9-22(12-17)15-6-3-4-8-18-15/h3-4,6,8,10,13,24H,5,7,9,11-12H2,1-2H3. The van der Waals surface area contributed by atoms with Crippen LogP contribution in [0.5, 0.6) is 0 Å². The lowest BCUT2D eigenvalue weighted by Crippen LogP contribution is -2.54. The minimum atomic E-state index is -0.949. The summed E-state index contributed by atoms with van der Waals surface area (Å²) >= 11 is 0. The first-order valence-corrected chi connectivity index (χ1v) is 8.09. The van der Waals surface area contributed by atoms with Crippen LogP contribution in [-0.2, 0) is 7.05 Å². The highest BCUT2D eigenvalue weighted by Crippen LogP contribution is 2.25. The van der Waals surface area contributed by atoms with Crippen LogP contribution in [0.25, 0.3) is 0 Å². The number of nitrogens with zero attached hydrogens (tertiary/aromatic N) is 5. The number of pyridine rings is 1. The Morgan fingerprint density at radius 2 is 2.25 bits per heavy atom. The second-order valence-corrected chi connectivity index (χ2v) is 6.52. The molecule has 7 heteroatoms. The van der Waals surface area contributed by atoms with Gasteiger partial charge in [-0.3, -0.25) is 4.79 Å². The number of aromatic nitrogens is 3. The van der Waals surface area contributed by atoms with Crippen molar-refractivity contribution in [1.82, 2.24) is 19.4 Å². The van der Waals surface area contributed by atoms with Gasteiger partial charge in [-0.15, -0.1) is 0 Å². The Morgan fingerprint density at radius 3 is 2.92 bits per heavy atom. The normalized spacial score (nSPS) is 20.9. The molecule has 1 fully saturated rings. The summed E-state index contributed by atoms with van der Waals surface area (Å²) in [5.74, 6) is 0.674. The lowest BCUT2D eigenvalue weighted by Gasteiger charge is -2.41. The molecule has 0 spiro atoms. The van der Waals surface area contributed by atoms with E-state index in [1.807, 2.05) is 25.2 Å². The molecule has 0 saturated carbocycles. The summed E-state index contributed by atoms with van der Waals surface area (Å²) in [6.07, 6.45) is 6.55. The second-order valence-electron chi connectivity index (χ2n) is 6.52. The maximum Gasteiger partial charge on any atom is 0.273 e. The van der Waals surface area contributed by atoms with Crippen molar-refractivity contribution in [3.05, 3.63) is 42.6 Å². The molecule has 24 heavy (non-hydrogen) atoms. The van der Waals surface area contributed by atoms with Crippen molar-refractivity contribution in [2.45, 2.75) is 18.4 Å². The Labute approximate surface area is 141 Å². The Hall–Kier alpha value is -2.41. The van der Waals surface area contributed by atoms with Crippen molar-refractivity contribution >= 4 is 11.7 Å². The molecule has 1 aliphatic heterocycles. The fourth-order valence-corrected chi connectivity index (χ4v) is 3.21. The quantitative estimate of drug-likeness (QED) is 0.903. The van der Waals surface area contributed by atoms with Crippen LogP contribution in [0.1, 0.15) is 23.3 Å². The van der Waals surface area contributed by atoms with E-state index < -0.39 is 5.60 Å². The van der Waals surface area contributed by atoms with Gasteiger partial charge >= 0.3 is 0 Å². The van der Waals surface area contributed by atoms with E-state index in [0.29, 0.717) is 18.7 Å². The van der Waals surface area contributed by atoms with Crippen LogP contribution in [-0.4, -0.2) is 62.7 Å². The molecule has 3 heterocycles. The predicted molar refractivity (Wildman–Crippen MR) is 90.8 cm³/mol. The summed E-state index contributed by atoms with van der Waals surface area (Å²) in [6.45, 7) is 1.59. The molecule has 1 saturated heterocycles. The van der Waals surface area contributed by atoms with Gasteiger partial charge in [0.1, 0.15) is 11.5 Å². The Balaban J connectivity index is 1.67. The summed E-state index contributed by atoms with van der Waals surface area (Å²) in [6, 6.07) is 5.75. The first kappa shape index (κ1) is 16.4. The number of rotatable bonds is 4. The number of carbonyl (C=O) groups excluding carboxylic acids is 1. The summed E-state index contributed by atoms with van der Waals surface area (Å²) < 4.78 is 1.74. The summed E-state index contributed by atoms with van der Waals surface area (Å²) in [4.78, 5) is 24.5. The van der Waals surface area contributed by atoms with Crippen molar-refractivity contribution in [3.8, 4) is 0 Å². The number of carbonyl (C=O) groups is 1. The largest absolute Gasteiger partial charge is 0.386 e. The van der Waals surface area contributed by atoms with Gasteiger partial charge in [-0.2, -0.15) is 0 Å². The number of hydrogen-bond acceptors (Lipinski definition) is 5. The molecule has 0 bridgehead atoms. The third-order valence-corrected chi connectivity index (χ3v) is 4.33. The molecule has 3 rings (SSSR count). The molecule has 1 unspecified atom stereocenters. The molecule has 7 nitrogen and oxygen atoms in total. The zero-order valence-electron chi connectivity index (χ0n) is 14.1. The molecule has 1 atom stereocenters. The van der Waals surface area contributed by atoms with Crippen LogP contribution in [0.2, 0.25) is 0 Å². The molecule has 0 aliphatic carbocycles. The fourth-order valence-electron chi connectivity index (χ4n) is 3.21. The smallest absolute Gasteiger partial charge is 0.273 e. The van der Waals surface area contributed by atoms with Crippen LogP contribution in [0.3, 0.4) is 0 Å². The van der Waals surface area contributed by atoms with Gasteiger partial charge in [0.2, 0.25) is 0 Å². The zero-order chi connectivity index (χ0) is 17.2. The highest BCUT2D eigenvalue weighted by Gasteiger charge is 2.36. The highest BCUT2D eigenvalue weighted by molar-refractivity contribution is 5.91.